The second-order valence-electron chi connectivity index (χ2n) is 8.32. The summed E-state index contributed by atoms with van der Waals surface area (Å²) in [7, 11) is -2.78. The molecule has 38 heavy (non-hydrogen) atoms. The summed E-state index contributed by atoms with van der Waals surface area (Å²) in [4.78, 5) is 26.9. The molecule has 0 bridgehead atoms. The average Bonchev–Trinajstić information content (AvgIpc) is 3.17. The van der Waals surface area contributed by atoms with E-state index in [1.54, 1.807) is 36.4 Å². The Bertz CT molecular complexity index is 1700. The quantitative estimate of drug-likeness (QED) is 0.172. The molecule has 0 aliphatic carbocycles. The minimum Gasteiger partial charge on any atom is -0.493 e. The molecule has 0 radical (unpaired) electrons. The Kier molecular flexibility index (Phi) is 7.29. The molecule has 0 aromatic heterocycles. The summed E-state index contributed by atoms with van der Waals surface area (Å²) in [6.45, 7) is 0.164. The number of methoxy groups -OCH3 is 1. The highest BCUT2D eigenvalue weighted by Gasteiger charge is 2.35. The summed E-state index contributed by atoms with van der Waals surface area (Å²) >= 11 is 4.22. The molecular weight excluding hydrogens is 590 g/mol. The van der Waals surface area contributed by atoms with Gasteiger partial charge in [-0.05, 0) is 64.7 Å². The minimum absolute atomic E-state index is 0.000858. The van der Waals surface area contributed by atoms with Crippen molar-refractivity contribution in [2.24, 2.45) is 0 Å². The number of rotatable bonds is 7. The lowest BCUT2D eigenvalue weighted by Gasteiger charge is -2.13. The first-order valence-corrected chi connectivity index (χ1v) is 14.4. The maximum Gasteiger partial charge on any atom is 0.339 e. The molecule has 0 saturated carbocycles. The fraction of sp³-hybridized carbons (Fsp3) is 0.0714. The molecule has 1 aliphatic heterocycles. The maximum absolute atomic E-state index is 13.1. The van der Waals surface area contributed by atoms with Crippen molar-refractivity contribution in [2.75, 3.05) is 7.11 Å². The molecule has 1 fully saturated rings. The average molecular weight is 611 g/mol. The lowest BCUT2D eigenvalue weighted by atomic mass is 10.1. The summed E-state index contributed by atoms with van der Waals surface area (Å²) in [5, 5.41) is 0.954. The predicted molar refractivity (Wildman–Crippen MR) is 150 cm³/mol. The van der Waals surface area contributed by atoms with Crippen LogP contribution in [-0.2, 0) is 21.5 Å². The lowest BCUT2D eigenvalue weighted by Crippen LogP contribution is -2.27. The normalized spacial score (nSPS) is 14.9. The van der Waals surface area contributed by atoms with Crippen LogP contribution in [0.5, 0.6) is 11.5 Å². The zero-order chi connectivity index (χ0) is 26.9. The highest BCUT2D eigenvalue weighted by atomic mass is 79.9. The highest BCUT2D eigenvalue weighted by Crippen LogP contribution is 2.36. The summed E-state index contributed by atoms with van der Waals surface area (Å²) in [6.07, 6.45) is 1.57. The molecule has 5 rings (SSSR count). The van der Waals surface area contributed by atoms with Gasteiger partial charge in [0, 0.05) is 9.86 Å². The molecule has 0 N–H and O–H groups in total. The standard InChI is InChI=1S/C28H20BrNO6S2/c1-35-24-15-19(16-25-27(31)30(28(32)37-25)17-18-9-12-21(29)13-10-18)11-14-23(24)36-38(33,34)26-8-4-6-20-5-2-3-7-22(20)26/h2-16H,17H2,1H3/b25-16-. The van der Waals surface area contributed by atoms with Gasteiger partial charge in [-0.25, -0.2) is 0 Å². The number of nitrogens with zero attached hydrogens (tertiary/aromatic N) is 1. The zero-order valence-electron chi connectivity index (χ0n) is 20.0. The Labute approximate surface area is 232 Å². The zero-order valence-corrected chi connectivity index (χ0v) is 23.2. The number of ether oxygens (including phenoxy) is 1. The van der Waals surface area contributed by atoms with E-state index in [1.807, 2.05) is 42.5 Å². The van der Waals surface area contributed by atoms with Crippen molar-refractivity contribution in [2.45, 2.75) is 11.4 Å². The fourth-order valence-corrected chi connectivity index (χ4v) is 6.25. The molecule has 2 amide bonds. The van der Waals surface area contributed by atoms with Crippen LogP contribution in [0.3, 0.4) is 0 Å². The van der Waals surface area contributed by atoms with Crippen molar-refractivity contribution < 1.29 is 26.9 Å². The fourth-order valence-electron chi connectivity index (χ4n) is 3.98. The van der Waals surface area contributed by atoms with E-state index in [4.69, 9.17) is 8.92 Å². The van der Waals surface area contributed by atoms with Crippen molar-refractivity contribution in [1.29, 1.82) is 0 Å². The van der Waals surface area contributed by atoms with Gasteiger partial charge in [-0.1, -0.05) is 70.5 Å². The van der Waals surface area contributed by atoms with Crippen molar-refractivity contribution in [1.82, 2.24) is 4.90 Å². The third-order valence-electron chi connectivity index (χ3n) is 5.83. The number of halogens is 1. The number of amides is 2. The molecule has 1 saturated heterocycles. The van der Waals surface area contributed by atoms with Crippen LogP contribution in [0.1, 0.15) is 11.1 Å². The Morgan fingerprint density at radius 1 is 0.921 bits per heavy atom. The van der Waals surface area contributed by atoms with E-state index in [0.29, 0.717) is 10.9 Å². The maximum atomic E-state index is 13.1. The molecule has 1 aliphatic rings. The minimum atomic E-state index is -4.17. The molecule has 7 nitrogen and oxygen atoms in total. The van der Waals surface area contributed by atoms with Gasteiger partial charge >= 0.3 is 10.1 Å². The summed E-state index contributed by atoms with van der Waals surface area (Å²) in [5.41, 5.74) is 1.37. The molecule has 1 heterocycles. The predicted octanol–water partition coefficient (Wildman–Crippen LogP) is 6.62. The van der Waals surface area contributed by atoms with Gasteiger partial charge in [0.1, 0.15) is 4.90 Å². The molecule has 0 atom stereocenters. The lowest BCUT2D eigenvalue weighted by molar-refractivity contribution is -0.123. The van der Waals surface area contributed by atoms with Gasteiger partial charge in [0.2, 0.25) is 0 Å². The van der Waals surface area contributed by atoms with Gasteiger partial charge in [-0.2, -0.15) is 8.42 Å². The van der Waals surface area contributed by atoms with Crippen LogP contribution in [0.2, 0.25) is 0 Å². The van der Waals surface area contributed by atoms with E-state index in [9.17, 15) is 18.0 Å². The smallest absolute Gasteiger partial charge is 0.339 e. The van der Waals surface area contributed by atoms with Crippen LogP contribution in [0.15, 0.2) is 99.2 Å². The van der Waals surface area contributed by atoms with E-state index in [0.717, 1.165) is 27.2 Å². The van der Waals surface area contributed by atoms with Crippen LogP contribution in [0.4, 0.5) is 4.79 Å². The summed E-state index contributed by atoms with van der Waals surface area (Å²) in [6, 6.07) is 24.1. The van der Waals surface area contributed by atoms with Crippen molar-refractivity contribution >= 4 is 65.8 Å². The second kappa shape index (κ2) is 10.6. The first-order valence-electron chi connectivity index (χ1n) is 11.4. The number of imide groups is 1. The van der Waals surface area contributed by atoms with Gasteiger partial charge in [-0.3, -0.25) is 14.5 Å². The van der Waals surface area contributed by atoms with Gasteiger partial charge in [-0.15, -0.1) is 0 Å². The van der Waals surface area contributed by atoms with Crippen LogP contribution in [-0.4, -0.2) is 31.6 Å². The third-order valence-corrected chi connectivity index (χ3v) is 8.56. The number of hydrogen-bond donors (Lipinski definition) is 0. The molecule has 0 unspecified atom stereocenters. The summed E-state index contributed by atoms with van der Waals surface area (Å²) in [5.74, 6) is -0.238. The Hall–Kier alpha value is -3.60. The first kappa shape index (κ1) is 26.0. The van der Waals surface area contributed by atoms with Gasteiger partial charge in [0.15, 0.2) is 11.5 Å². The van der Waals surface area contributed by atoms with Crippen LogP contribution >= 0.6 is 27.7 Å². The van der Waals surface area contributed by atoms with Crippen LogP contribution < -0.4 is 8.92 Å². The number of thioether (sulfide) groups is 1. The van der Waals surface area contributed by atoms with E-state index in [2.05, 4.69) is 15.9 Å². The molecule has 10 heteroatoms. The van der Waals surface area contributed by atoms with E-state index in [-0.39, 0.29) is 33.1 Å². The number of carbonyl (C=O) groups excluding carboxylic acids is 2. The Balaban J connectivity index is 1.38. The summed E-state index contributed by atoms with van der Waals surface area (Å²) < 4.78 is 38.0. The van der Waals surface area contributed by atoms with Crippen LogP contribution in [0, 0.1) is 0 Å². The number of benzene rings is 4. The largest absolute Gasteiger partial charge is 0.493 e. The third kappa shape index (κ3) is 5.33. The van der Waals surface area contributed by atoms with Crippen LogP contribution in [0.25, 0.3) is 16.8 Å². The van der Waals surface area contributed by atoms with E-state index in [1.165, 1.54) is 24.1 Å². The van der Waals surface area contributed by atoms with E-state index >= 15 is 0 Å². The van der Waals surface area contributed by atoms with Gasteiger partial charge in [0.05, 0.1) is 18.6 Å². The molecular formula is C28H20BrNO6S2. The van der Waals surface area contributed by atoms with E-state index < -0.39 is 16.0 Å². The Morgan fingerprint density at radius 3 is 2.42 bits per heavy atom. The molecule has 4 aromatic carbocycles. The topological polar surface area (TPSA) is 90.0 Å². The SMILES string of the molecule is COc1cc(/C=C2\SC(=O)N(Cc3ccc(Br)cc3)C2=O)ccc1OS(=O)(=O)c1cccc2ccccc12. The van der Waals surface area contributed by atoms with Crippen molar-refractivity contribution in [3.05, 3.63) is 105 Å². The molecule has 4 aromatic rings. The monoisotopic (exact) mass is 609 g/mol. The number of fused-ring (bicyclic) bond motifs is 1. The number of hydrogen-bond acceptors (Lipinski definition) is 7. The second-order valence-corrected chi connectivity index (χ2v) is 11.7. The first-order chi connectivity index (χ1) is 18.2. The molecule has 0 spiro atoms. The highest BCUT2D eigenvalue weighted by molar-refractivity contribution is 9.10. The van der Waals surface area contributed by atoms with Crippen molar-refractivity contribution in [3.8, 4) is 11.5 Å². The van der Waals surface area contributed by atoms with Gasteiger partial charge in [0.25, 0.3) is 11.1 Å². The van der Waals surface area contributed by atoms with Crippen molar-refractivity contribution in [3.63, 3.8) is 0 Å². The molecule has 192 valence electrons. The van der Waals surface area contributed by atoms with Gasteiger partial charge < -0.3 is 8.92 Å². The Morgan fingerprint density at radius 2 is 1.66 bits per heavy atom. The number of carbonyl (C=O) groups is 2.